The summed E-state index contributed by atoms with van der Waals surface area (Å²) in [6, 6.07) is 21.9. The maximum Gasteiger partial charge on any atom is 0.254 e. The van der Waals surface area contributed by atoms with Crippen LogP contribution in [-0.4, -0.2) is 28.5 Å². The van der Waals surface area contributed by atoms with Gasteiger partial charge in [-0.3, -0.25) is 4.79 Å². The zero-order valence-electron chi connectivity index (χ0n) is 16.1. The topological polar surface area (TPSA) is 34.5 Å². The average molecular weight is 362 g/mol. The molecule has 140 valence electrons. The first-order chi connectivity index (χ1) is 13.1. The summed E-state index contributed by atoms with van der Waals surface area (Å²) in [6.07, 6.45) is 2.07. The summed E-state index contributed by atoms with van der Waals surface area (Å²) in [5.74, 6) is 0.702. The van der Waals surface area contributed by atoms with E-state index in [1.807, 2.05) is 61.2 Å². The molecule has 1 amide bonds. The van der Waals surface area contributed by atoms with E-state index in [0.29, 0.717) is 17.9 Å². The van der Waals surface area contributed by atoms with Crippen LogP contribution in [0, 0.1) is 0 Å². The van der Waals surface area contributed by atoms with Crippen LogP contribution in [0.25, 0.3) is 0 Å². The van der Waals surface area contributed by atoms with Crippen molar-refractivity contribution in [3.63, 3.8) is 0 Å². The number of rotatable bonds is 7. The third-order valence-electron chi connectivity index (χ3n) is 4.65. The first kappa shape index (κ1) is 18.8. The Hall–Kier alpha value is -3.01. The minimum atomic E-state index is 0.0105. The number of hydrogen-bond donors (Lipinski definition) is 0. The summed E-state index contributed by atoms with van der Waals surface area (Å²) in [7, 11) is 1.61. The van der Waals surface area contributed by atoms with Crippen LogP contribution in [0.4, 0.5) is 0 Å². The van der Waals surface area contributed by atoms with Gasteiger partial charge in [0.25, 0.3) is 5.91 Å². The summed E-state index contributed by atoms with van der Waals surface area (Å²) in [4.78, 5) is 15.0. The number of carbonyl (C=O) groups is 1. The first-order valence-corrected chi connectivity index (χ1v) is 9.21. The standard InChI is InChI=1S/C23H26N2O2/c1-18(2)25(23(26)20-11-7-13-22(15-20)27-3)17-21-12-8-14-24(21)16-19-9-5-4-6-10-19/h4-15,18H,16-17H2,1-3H3. The van der Waals surface area contributed by atoms with Crippen LogP contribution in [-0.2, 0) is 13.1 Å². The molecule has 0 aliphatic carbocycles. The Morgan fingerprint density at radius 3 is 2.52 bits per heavy atom. The van der Waals surface area contributed by atoms with Crippen molar-refractivity contribution in [3.8, 4) is 5.75 Å². The van der Waals surface area contributed by atoms with Gasteiger partial charge >= 0.3 is 0 Å². The van der Waals surface area contributed by atoms with Gasteiger partial charge in [-0.15, -0.1) is 0 Å². The minimum absolute atomic E-state index is 0.0105. The molecule has 1 aromatic heterocycles. The lowest BCUT2D eigenvalue weighted by atomic mass is 10.1. The fraction of sp³-hybridized carbons (Fsp3) is 0.261. The maximum atomic E-state index is 13.1. The van der Waals surface area contributed by atoms with E-state index >= 15 is 0 Å². The number of methoxy groups -OCH3 is 1. The molecule has 0 saturated carbocycles. The normalized spacial score (nSPS) is 10.8. The Morgan fingerprint density at radius 1 is 1.04 bits per heavy atom. The van der Waals surface area contributed by atoms with Crippen LogP contribution in [0.5, 0.6) is 5.75 Å². The van der Waals surface area contributed by atoms with Gasteiger partial charge in [-0.2, -0.15) is 0 Å². The molecule has 0 spiro atoms. The van der Waals surface area contributed by atoms with Gasteiger partial charge in [0.15, 0.2) is 0 Å². The first-order valence-electron chi connectivity index (χ1n) is 9.21. The molecule has 0 atom stereocenters. The second kappa shape index (κ2) is 8.58. The molecule has 3 rings (SSSR count). The lowest BCUT2D eigenvalue weighted by Crippen LogP contribution is -2.37. The Kier molecular flexibility index (Phi) is 5.97. The van der Waals surface area contributed by atoms with Gasteiger partial charge in [0.2, 0.25) is 0 Å². The third kappa shape index (κ3) is 4.59. The number of benzene rings is 2. The molecule has 0 N–H and O–H groups in total. The number of ether oxygens (including phenoxy) is 1. The fourth-order valence-corrected chi connectivity index (χ4v) is 3.11. The number of aromatic nitrogens is 1. The molecule has 0 saturated heterocycles. The number of nitrogens with zero attached hydrogens (tertiary/aromatic N) is 2. The number of carbonyl (C=O) groups excluding carboxylic acids is 1. The van der Waals surface area contributed by atoms with Gasteiger partial charge in [0.1, 0.15) is 5.75 Å². The van der Waals surface area contributed by atoms with Crippen molar-refractivity contribution in [1.82, 2.24) is 9.47 Å². The van der Waals surface area contributed by atoms with E-state index in [9.17, 15) is 4.79 Å². The molecule has 2 aromatic carbocycles. The predicted molar refractivity (Wildman–Crippen MR) is 108 cm³/mol. The van der Waals surface area contributed by atoms with E-state index < -0.39 is 0 Å². The smallest absolute Gasteiger partial charge is 0.254 e. The highest BCUT2D eigenvalue weighted by molar-refractivity contribution is 5.94. The van der Waals surface area contributed by atoms with Crippen molar-refractivity contribution >= 4 is 5.91 Å². The van der Waals surface area contributed by atoms with E-state index in [1.165, 1.54) is 5.56 Å². The van der Waals surface area contributed by atoms with Crippen molar-refractivity contribution in [2.45, 2.75) is 33.0 Å². The van der Waals surface area contributed by atoms with E-state index in [-0.39, 0.29) is 11.9 Å². The van der Waals surface area contributed by atoms with Crippen molar-refractivity contribution in [2.24, 2.45) is 0 Å². The van der Waals surface area contributed by atoms with E-state index in [4.69, 9.17) is 4.74 Å². The summed E-state index contributed by atoms with van der Waals surface area (Å²) in [5.41, 5.74) is 3.00. The van der Waals surface area contributed by atoms with E-state index in [0.717, 1.165) is 12.2 Å². The predicted octanol–water partition coefficient (Wildman–Crippen LogP) is 4.60. The largest absolute Gasteiger partial charge is 0.497 e. The lowest BCUT2D eigenvalue weighted by molar-refractivity contribution is 0.0685. The van der Waals surface area contributed by atoms with Gasteiger partial charge in [0, 0.05) is 30.0 Å². The van der Waals surface area contributed by atoms with Crippen LogP contribution < -0.4 is 4.74 Å². The number of amides is 1. The van der Waals surface area contributed by atoms with Crippen molar-refractivity contribution in [2.75, 3.05) is 7.11 Å². The van der Waals surface area contributed by atoms with Crippen LogP contribution in [0.2, 0.25) is 0 Å². The molecule has 1 heterocycles. The van der Waals surface area contributed by atoms with E-state index in [1.54, 1.807) is 13.2 Å². The fourth-order valence-electron chi connectivity index (χ4n) is 3.11. The van der Waals surface area contributed by atoms with Gasteiger partial charge in [-0.25, -0.2) is 0 Å². The second-order valence-corrected chi connectivity index (χ2v) is 6.87. The maximum absolute atomic E-state index is 13.1. The van der Waals surface area contributed by atoms with Crippen LogP contribution in [0.1, 0.15) is 35.5 Å². The van der Waals surface area contributed by atoms with Crippen LogP contribution in [0.15, 0.2) is 72.9 Å². The molecule has 27 heavy (non-hydrogen) atoms. The molecular weight excluding hydrogens is 336 g/mol. The van der Waals surface area contributed by atoms with Gasteiger partial charge in [0.05, 0.1) is 13.7 Å². The molecule has 0 bridgehead atoms. The molecule has 0 radical (unpaired) electrons. The highest BCUT2D eigenvalue weighted by Crippen LogP contribution is 2.18. The SMILES string of the molecule is COc1cccc(C(=O)N(Cc2cccn2Cc2ccccc2)C(C)C)c1. The molecule has 0 aliphatic heterocycles. The zero-order valence-corrected chi connectivity index (χ0v) is 16.1. The Labute approximate surface area is 161 Å². The minimum Gasteiger partial charge on any atom is -0.497 e. The monoisotopic (exact) mass is 362 g/mol. The molecule has 0 unspecified atom stereocenters. The van der Waals surface area contributed by atoms with Crippen LogP contribution >= 0.6 is 0 Å². The molecule has 4 nitrogen and oxygen atoms in total. The number of hydrogen-bond acceptors (Lipinski definition) is 2. The summed E-state index contributed by atoms with van der Waals surface area (Å²) in [5, 5.41) is 0. The average Bonchev–Trinajstić information content (AvgIpc) is 3.13. The van der Waals surface area contributed by atoms with Gasteiger partial charge < -0.3 is 14.2 Å². The molecule has 4 heteroatoms. The Balaban J connectivity index is 1.81. The summed E-state index contributed by atoms with van der Waals surface area (Å²) >= 11 is 0. The van der Waals surface area contributed by atoms with Crippen LogP contribution in [0.3, 0.4) is 0 Å². The zero-order chi connectivity index (χ0) is 19.2. The second-order valence-electron chi connectivity index (χ2n) is 6.87. The summed E-state index contributed by atoms with van der Waals surface area (Å²) in [6.45, 7) is 5.45. The van der Waals surface area contributed by atoms with Gasteiger partial charge in [-0.05, 0) is 49.7 Å². The van der Waals surface area contributed by atoms with Crippen molar-refractivity contribution < 1.29 is 9.53 Å². The van der Waals surface area contributed by atoms with E-state index in [2.05, 4.69) is 29.0 Å². The molecule has 0 fully saturated rings. The van der Waals surface area contributed by atoms with Gasteiger partial charge in [-0.1, -0.05) is 36.4 Å². The third-order valence-corrected chi connectivity index (χ3v) is 4.65. The quantitative estimate of drug-likeness (QED) is 0.616. The van der Waals surface area contributed by atoms with Crippen molar-refractivity contribution in [3.05, 3.63) is 89.7 Å². The highest BCUT2D eigenvalue weighted by Gasteiger charge is 2.20. The highest BCUT2D eigenvalue weighted by atomic mass is 16.5. The molecular formula is C23H26N2O2. The summed E-state index contributed by atoms with van der Waals surface area (Å²) < 4.78 is 7.46. The lowest BCUT2D eigenvalue weighted by Gasteiger charge is -2.27. The molecule has 3 aromatic rings. The Bertz CT molecular complexity index is 884. The molecule has 0 aliphatic rings. The van der Waals surface area contributed by atoms with Crippen molar-refractivity contribution in [1.29, 1.82) is 0 Å². The Morgan fingerprint density at radius 2 is 1.81 bits per heavy atom.